The Morgan fingerprint density at radius 2 is 2.00 bits per heavy atom. The number of anilines is 1. The third kappa shape index (κ3) is 2.75. The highest BCUT2D eigenvalue weighted by Crippen LogP contribution is 2.43. The lowest BCUT2D eigenvalue weighted by Gasteiger charge is -2.12. The zero-order valence-electron chi connectivity index (χ0n) is 12.1. The Balaban J connectivity index is 1.82. The topological polar surface area (TPSA) is 62.2 Å². The predicted molar refractivity (Wildman–Crippen MR) is 81.9 cm³/mol. The molecule has 0 bridgehead atoms. The number of carbonyl (C=O) groups is 1. The first-order valence-electron chi connectivity index (χ1n) is 7.09. The minimum Gasteiger partial charge on any atom is -0.478 e. The molecule has 1 heterocycles. The van der Waals surface area contributed by atoms with E-state index in [1.807, 2.05) is 32.0 Å². The van der Waals surface area contributed by atoms with Gasteiger partial charge in [0.2, 0.25) is 0 Å². The summed E-state index contributed by atoms with van der Waals surface area (Å²) in [7, 11) is 0. The molecule has 2 atom stereocenters. The van der Waals surface area contributed by atoms with Crippen LogP contribution in [0.3, 0.4) is 0 Å². The molecule has 21 heavy (non-hydrogen) atoms. The molecule has 0 amide bonds. The van der Waals surface area contributed by atoms with Gasteiger partial charge in [-0.2, -0.15) is 0 Å². The number of nitrogens with zero attached hydrogens (tertiary/aromatic N) is 1. The number of aromatic carboxylic acids is 1. The molecule has 0 aliphatic heterocycles. The van der Waals surface area contributed by atoms with Gasteiger partial charge in [-0.25, -0.2) is 9.78 Å². The molecule has 1 aliphatic carbocycles. The quantitative estimate of drug-likeness (QED) is 0.902. The summed E-state index contributed by atoms with van der Waals surface area (Å²) in [4.78, 5) is 15.8. The van der Waals surface area contributed by atoms with Gasteiger partial charge in [-0.3, -0.25) is 0 Å². The van der Waals surface area contributed by atoms with Crippen molar-refractivity contribution in [1.29, 1.82) is 0 Å². The lowest BCUT2D eigenvalue weighted by Crippen LogP contribution is -2.13. The molecule has 1 fully saturated rings. The highest BCUT2D eigenvalue weighted by molar-refractivity contribution is 5.95. The van der Waals surface area contributed by atoms with Crippen LogP contribution in [0.2, 0.25) is 0 Å². The Hall–Kier alpha value is -2.36. The third-order valence-electron chi connectivity index (χ3n) is 3.90. The average Bonchev–Trinajstić information content (AvgIpc) is 3.17. The Bertz CT molecular complexity index is 683. The minimum atomic E-state index is -0.931. The van der Waals surface area contributed by atoms with Crippen LogP contribution in [-0.2, 0) is 0 Å². The van der Waals surface area contributed by atoms with Crippen molar-refractivity contribution in [2.24, 2.45) is 0 Å². The maximum atomic E-state index is 11.4. The maximum Gasteiger partial charge on any atom is 0.339 e. The molecule has 2 aromatic rings. The van der Waals surface area contributed by atoms with Gasteiger partial charge in [0.15, 0.2) is 0 Å². The van der Waals surface area contributed by atoms with Gasteiger partial charge in [-0.15, -0.1) is 0 Å². The first-order chi connectivity index (χ1) is 10.1. The number of nitrogens with one attached hydrogen (secondary N) is 1. The van der Waals surface area contributed by atoms with Crippen LogP contribution in [0.15, 0.2) is 36.4 Å². The Morgan fingerprint density at radius 1 is 1.29 bits per heavy atom. The van der Waals surface area contributed by atoms with E-state index >= 15 is 0 Å². The van der Waals surface area contributed by atoms with Crippen molar-refractivity contribution in [2.45, 2.75) is 32.2 Å². The van der Waals surface area contributed by atoms with E-state index in [1.165, 1.54) is 5.56 Å². The number of rotatable bonds is 4. The Kier molecular flexibility index (Phi) is 3.37. The van der Waals surface area contributed by atoms with Crippen LogP contribution in [0.25, 0.3) is 0 Å². The van der Waals surface area contributed by atoms with E-state index in [0.717, 1.165) is 17.7 Å². The summed E-state index contributed by atoms with van der Waals surface area (Å²) in [5, 5.41) is 12.7. The van der Waals surface area contributed by atoms with E-state index in [-0.39, 0.29) is 11.6 Å². The molecule has 0 radical (unpaired) electrons. The van der Waals surface area contributed by atoms with Gasteiger partial charge in [-0.05, 0) is 37.5 Å². The predicted octanol–water partition coefficient (Wildman–Crippen LogP) is 3.36. The highest BCUT2D eigenvalue weighted by Gasteiger charge is 2.39. The average molecular weight is 282 g/mol. The second-order valence-electron chi connectivity index (χ2n) is 5.61. The van der Waals surface area contributed by atoms with Gasteiger partial charge in [0.25, 0.3) is 0 Å². The molecule has 1 aliphatic rings. The van der Waals surface area contributed by atoms with Crippen LogP contribution in [-0.4, -0.2) is 22.1 Å². The van der Waals surface area contributed by atoms with Crippen LogP contribution in [0.5, 0.6) is 0 Å². The number of aromatic nitrogens is 1. The number of carboxylic acids is 1. The van der Waals surface area contributed by atoms with E-state index in [4.69, 9.17) is 0 Å². The highest BCUT2D eigenvalue weighted by atomic mass is 16.4. The van der Waals surface area contributed by atoms with Gasteiger partial charge in [0.05, 0.1) is 0 Å². The van der Waals surface area contributed by atoms with Crippen LogP contribution in [0.1, 0.15) is 39.5 Å². The molecule has 1 aromatic carbocycles. The molecule has 2 N–H and O–H groups in total. The van der Waals surface area contributed by atoms with Crippen molar-refractivity contribution in [1.82, 2.24) is 4.98 Å². The third-order valence-corrected chi connectivity index (χ3v) is 3.90. The summed E-state index contributed by atoms with van der Waals surface area (Å²) in [6.45, 7) is 3.69. The molecule has 1 aromatic heterocycles. The van der Waals surface area contributed by atoms with Crippen LogP contribution in [0, 0.1) is 13.8 Å². The lowest BCUT2D eigenvalue weighted by atomic mass is 10.1. The fourth-order valence-corrected chi connectivity index (χ4v) is 2.81. The molecule has 4 nitrogen and oxygen atoms in total. The number of pyridine rings is 1. The second kappa shape index (κ2) is 5.20. The van der Waals surface area contributed by atoms with E-state index < -0.39 is 5.97 Å². The van der Waals surface area contributed by atoms with Crippen LogP contribution < -0.4 is 5.32 Å². The summed E-state index contributed by atoms with van der Waals surface area (Å²) in [5.41, 5.74) is 3.14. The number of benzene rings is 1. The SMILES string of the molecule is Cc1cc(C)c(C(=O)O)c(NC2CC2c2ccccc2)n1. The summed E-state index contributed by atoms with van der Waals surface area (Å²) in [6.07, 6.45) is 1.01. The van der Waals surface area contributed by atoms with Crippen molar-refractivity contribution in [3.05, 3.63) is 58.8 Å². The minimum absolute atomic E-state index is 0.263. The summed E-state index contributed by atoms with van der Waals surface area (Å²) >= 11 is 0. The van der Waals surface area contributed by atoms with E-state index in [2.05, 4.69) is 22.4 Å². The van der Waals surface area contributed by atoms with Crippen molar-refractivity contribution in [3.63, 3.8) is 0 Å². The summed E-state index contributed by atoms with van der Waals surface area (Å²) < 4.78 is 0. The molecule has 0 spiro atoms. The first-order valence-corrected chi connectivity index (χ1v) is 7.09. The van der Waals surface area contributed by atoms with Crippen molar-refractivity contribution < 1.29 is 9.90 Å². The van der Waals surface area contributed by atoms with E-state index in [0.29, 0.717) is 11.7 Å². The number of carboxylic acid groups (broad SMARTS) is 1. The molecule has 4 heteroatoms. The molecule has 3 rings (SSSR count). The van der Waals surface area contributed by atoms with Crippen molar-refractivity contribution >= 4 is 11.8 Å². The number of hydrogen-bond acceptors (Lipinski definition) is 3. The standard InChI is InChI=1S/C17H18N2O2/c1-10-8-11(2)18-16(15(10)17(20)21)19-14-9-13(14)12-6-4-3-5-7-12/h3-8,13-14H,9H2,1-2H3,(H,18,19)(H,20,21). The molecular weight excluding hydrogens is 264 g/mol. The van der Waals surface area contributed by atoms with Crippen molar-refractivity contribution in [2.75, 3.05) is 5.32 Å². The molecule has 108 valence electrons. The smallest absolute Gasteiger partial charge is 0.339 e. The molecule has 1 saturated carbocycles. The zero-order valence-corrected chi connectivity index (χ0v) is 12.1. The lowest BCUT2D eigenvalue weighted by molar-refractivity contribution is 0.0697. The van der Waals surface area contributed by atoms with Gasteiger partial charge < -0.3 is 10.4 Å². The molecule has 2 unspecified atom stereocenters. The van der Waals surface area contributed by atoms with Gasteiger partial charge in [0.1, 0.15) is 11.4 Å². The van der Waals surface area contributed by atoms with Crippen molar-refractivity contribution in [3.8, 4) is 0 Å². The Labute approximate surface area is 123 Å². The van der Waals surface area contributed by atoms with Crippen LogP contribution >= 0.6 is 0 Å². The second-order valence-corrected chi connectivity index (χ2v) is 5.61. The first kappa shape index (κ1) is 13.6. The zero-order chi connectivity index (χ0) is 15.0. The molecular formula is C17H18N2O2. The summed E-state index contributed by atoms with van der Waals surface area (Å²) in [5.74, 6) is -0.00157. The monoisotopic (exact) mass is 282 g/mol. The maximum absolute atomic E-state index is 11.4. The van der Waals surface area contributed by atoms with Gasteiger partial charge in [0, 0.05) is 17.7 Å². The Morgan fingerprint density at radius 3 is 2.67 bits per heavy atom. The van der Waals surface area contributed by atoms with Gasteiger partial charge >= 0.3 is 5.97 Å². The fraction of sp³-hybridized carbons (Fsp3) is 0.294. The number of hydrogen-bond donors (Lipinski definition) is 2. The largest absolute Gasteiger partial charge is 0.478 e. The molecule has 0 saturated heterocycles. The fourth-order valence-electron chi connectivity index (χ4n) is 2.81. The summed E-state index contributed by atoms with van der Waals surface area (Å²) in [6, 6.07) is 12.3. The van der Waals surface area contributed by atoms with E-state index in [1.54, 1.807) is 6.07 Å². The normalized spacial score (nSPS) is 20.1. The van der Waals surface area contributed by atoms with Crippen LogP contribution in [0.4, 0.5) is 5.82 Å². The number of aryl methyl sites for hydroxylation is 2. The van der Waals surface area contributed by atoms with E-state index in [9.17, 15) is 9.90 Å². The van der Waals surface area contributed by atoms with Gasteiger partial charge in [-0.1, -0.05) is 30.3 Å².